The lowest BCUT2D eigenvalue weighted by Gasteiger charge is -2.27. The van der Waals surface area contributed by atoms with Crippen molar-refractivity contribution in [3.05, 3.63) is 89.0 Å². The van der Waals surface area contributed by atoms with Gasteiger partial charge in [-0.25, -0.2) is 0 Å². The van der Waals surface area contributed by atoms with Crippen LogP contribution in [0.15, 0.2) is 66.7 Å². The van der Waals surface area contributed by atoms with E-state index in [-0.39, 0.29) is 0 Å². The molecular weight excluding hydrogens is 398 g/mol. The lowest BCUT2D eigenvalue weighted by atomic mass is 9.83. The van der Waals surface area contributed by atoms with E-state index in [1.54, 1.807) is 7.11 Å². The third-order valence-corrected chi connectivity index (χ3v) is 6.03. The van der Waals surface area contributed by atoms with Crippen LogP contribution in [0.2, 0.25) is 0 Å². The highest BCUT2D eigenvalue weighted by molar-refractivity contribution is 5.38. The van der Waals surface area contributed by atoms with Crippen LogP contribution in [-0.4, -0.2) is 32.6 Å². The van der Waals surface area contributed by atoms with Crippen LogP contribution >= 0.6 is 0 Å². The largest absolute Gasteiger partial charge is 0.497 e. The molecule has 3 aromatic rings. The van der Waals surface area contributed by atoms with Gasteiger partial charge in [0.05, 0.1) is 7.11 Å². The summed E-state index contributed by atoms with van der Waals surface area (Å²) >= 11 is 0. The second-order valence-electron chi connectivity index (χ2n) is 8.87. The lowest BCUT2D eigenvalue weighted by molar-refractivity contribution is 0.296. The zero-order valence-corrected chi connectivity index (χ0v) is 19.3. The smallest absolute Gasteiger partial charge is 0.120 e. The van der Waals surface area contributed by atoms with Gasteiger partial charge in [-0.1, -0.05) is 30.3 Å². The molecule has 0 N–H and O–H groups in total. The van der Waals surface area contributed by atoms with Crippen molar-refractivity contribution in [1.29, 1.82) is 0 Å². The maximum Gasteiger partial charge on any atom is 0.120 e. The summed E-state index contributed by atoms with van der Waals surface area (Å²) in [5, 5.41) is 0. The minimum Gasteiger partial charge on any atom is -0.497 e. The molecule has 0 saturated carbocycles. The van der Waals surface area contributed by atoms with Gasteiger partial charge < -0.3 is 19.1 Å². The quantitative estimate of drug-likeness (QED) is 0.446. The summed E-state index contributed by atoms with van der Waals surface area (Å²) in [5.41, 5.74) is 5.16. The number of hydrogen-bond donors (Lipinski definition) is 0. The first-order valence-electron chi connectivity index (χ1n) is 11.3. The van der Waals surface area contributed by atoms with Gasteiger partial charge in [0.2, 0.25) is 0 Å². The molecule has 4 nitrogen and oxygen atoms in total. The highest BCUT2D eigenvalue weighted by atomic mass is 16.5. The SMILES string of the molecule is COc1ccc(COc2ccc(COc3ccc4c(c3)CCC(CN(C)C)C4)cc2)cc1. The highest BCUT2D eigenvalue weighted by Crippen LogP contribution is 2.29. The van der Waals surface area contributed by atoms with Gasteiger partial charge in [-0.2, -0.15) is 0 Å². The summed E-state index contributed by atoms with van der Waals surface area (Å²) in [7, 11) is 5.99. The molecule has 1 aliphatic carbocycles. The fraction of sp³-hybridized carbons (Fsp3) is 0.357. The Morgan fingerprint density at radius 1 is 0.750 bits per heavy atom. The van der Waals surface area contributed by atoms with Crippen molar-refractivity contribution in [3.8, 4) is 17.2 Å². The summed E-state index contributed by atoms with van der Waals surface area (Å²) in [4.78, 5) is 2.29. The number of ether oxygens (including phenoxy) is 3. The predicted molar refractivity (Wildman–Crippen MR) is 129 cm³/mol. The van der Waals surface area contributed by atoms with Crippen molar-refractivity contribution < 1.29 is 14.2 Å². The molecule has 4 rings (SSSR count). The van der Waals surface area contributed by atoms with Gasteiger partial charge in [-0.05, 0) is 97.9 Å². The topological polar surface area (TPSA) is 30.9 Å². The molecule has 0 heterocycles. The van der Waals surface area contributed by atoms with E-state index in [1.807, 2.05) is 36.4 Å². The summed E-state index contributed by atoms with van der Waals surface area (Å²) in [5.74, 6) is 3.42. The van der Waals surface area contributed by atoms with E-state index in [4.69, 9.17) is 14.2 Å². The molecule has 1 atom stereocenters. The number of aryl methyl sites for hydroxylation is 1. The van der Waals surface area contributed by atoms with Crippen LogP contribution < -0.4 is 14.2 Å². The van der Waals surface area contributed by atoms with Crippen LogP contribution in [0, 0.1) is 5.92 Å². The summed E-state index contributed by atoms with van der Waals surface area (Å²) in [6, 6.07) is 22.6. The van der Waals surface area contributed by atoms with E-state index < -0.39 is 0 Å². The monoisotopic (exact) mass is 431 g/mol. The van der Waals surface area contributed by atoms with Crippen molar-refractivity contribution >= 4 is 0 Å². The van der Waals surface area contributed by atoms with Crippen LogP contribution in [0.1, 0.15) is 28.7 Å². The van der Waals surface area contributed by atoms with E-state index in [2.05, 4.69) is 49.3 Å². The summed E-state index contributed by atoms with van der Waals surface area (Å²) < 4.78 is 17.2. The van der Waals surface area contributed by atoms with Gasteiger partial charge >= 0.3 is 0 Å². The standard InChI is InChI=1S/C28H33NO3/c1-29(2)18-23-4-9-25-17-28(15-10-24(25)16-23)32-20-22-7-13-27(14-8-22)31-19-21-5-11-26(30-3)12-6-21/h5-8,10-15,17,23H,4,9,16,18-20H2,1-3H3. The number of rotatable bonds is 9. The van der Waals surface area contributed by atoms with E-state index in [0.29, 0.717) is 13.2 Å². The molecule has 1 aliphatic rings. The van der Waals surface area contributed by atoms with Gasteiger partial charge in [0.15, 0.2) is 0 Å². The first-order valence-corrected chi connectivity index (χ1v) is 11.3. The molecule has 32 heavy (non-hydrogen) atoms. The minimum absolute atomic E-state index is 0.532. The Bertz CT molecular complexity index is 996. The minimum atomic E-state index is 0.532. The Morgan fingerprint density at radius 3 is 1.97 bits per heavy atom. The Morgan fingerprint density at radius 2 is 1.34 bits per heavy atom. The van der Waals surface area contributed by atoms with Gasteiger partial charge in [-0.3, -0.25) is 0 Å². The van der Waals surface area contributed by atoms with Crippen LogP contribution in [0.25, 0.3) is 0 Å². The molecule has 0 radical (unpaired) electrons. The molecule has 0 saturated heterocycles. The van der Waals surface area contributed by atoms with E-state index in [1.165, 1.54) is 24.0 Å². The average Bonchev–Trinajstić information content (AvgIpc) is 2.82. The fourth-order valence-electron chi connectivity index (χ4n) is 4.31. The molecule has 0 aliphatic heterocycles. The molecule has 0 spiro atoms. The average molecular weight is 432 g/mol. The second kappa shape index (κ2) is 10.6. The molecule has 0 aromatic heterocycles. The first kappa shape index (κ1) is 22.2. The molecule has 0 fully saturated rings. The van der Waals surface area contributed by atoms with Crippen LogP contribution in [0.3, 0.4) is 0 Å². The Labute approximate surface area is 191 Å². The highest BCUT2D eigenvalue weighted by Gasteiger charge is 2.19. The number of benzene rings is 3. The lowest BCUT2D eigenvalue weighted by Crippen LogP contribution is -2.26. The number of hydrogen-bond acceptors (Lipinski definition) is 4. The zero-order chi connectivity index (χ0) is 22.3. The molecule has 1 unspecified atom stereocenters. The number of fused-ring (bicyclic) bond motifs is 1. The normalized spacial score (nSPS) is 15.3. The number of nitrogens with zero attached hydrogens (tertiary/aromatic N) is 1. The van der Waals surface area contributed by atoms with Gasteiger partial charge in [0.1, 0.15) is 30.5 Å². The molecule has 4 heteroatoms. The zero-order valence-electron chi connectivity index (χ0n) is 19.3. The molecule has 3 aromatic carbocycles. The molecule has 0 bridgehead atoms. The van der Waals surface area contributed by atoms with Crippen molar-refractivity contribution in [3.63, 3.8) is 0 Å². The first-order chi connectivity index (χ1) is 15.6. The maximum absolute atomic E-state index is 6.08. The Kier molecular flexibility index (Phi) is 7.33. The van der Waals surface area contributed by atoms with Crippen LogP contribution in [0.5, 0.6) is 17.2 Å². The third kappa shape index (κ3) is 6.04. The van der Waals surface area contributed by atoms with Gasteiger partial charge in [0.25, 0.3) is 0 Å². The van der Waals surface area contributed by atoms with Gasteiger partial charge in [-0.15, -0.1) is 0 Å². The van der Waals surface area contributed by atoms with E-state index >= 15 is 0 Å². The number of methoxy groups -OCH3 is 1. The third-order valence-electron chi connectivity index (χ3n) is 6.03. The molecule has 0 amide bonds. The summed E-state index contributed by atoms with van der Waals surface area (Å²) in [6.07, 6.45) is 3.57. The van der Waals surface area contributed by atoms with Crippen molar-refractivity contribution in [1.82, 2.24) is 4.90 Å². The Hall–Kier alpha value is -2.98. The van der Waals surface area contributed by atoms with Crippen molar-refractivity contribution in [2.75, 3.05) is 27.7 Å². The molecular formula is C28H33NO3. The van der Waals surface area contributed by atoms with Crippen LogP contribution in [-0.2, 0) is 26.1 Å². The predicted octanol–water partition coefficient (Wildman–Crippen LogP) is 5.52. The summed E-state index contributed by atoms with van der Waals surface area (Å²) in [6.45, 7) is 2.25. The fourth-order valence-corrected chi connectivity index (χ4v) is 4.31. The van der Waals surface area contributed by atoms with Crippen molar-refractivity contribution in [2.45, 2.75) is 32.5 Å². The van der Waals surface area contributed by atoms with Crippen LogP contribution in [0.4, 0.5) is 0 Å². The maximum atomic E-state index is 6.08. The van der Waals surface area contributed by atoms with Crippen molar-refractivity contribution in [2.24, 2.45) is 5.92 Å². The van der Waals surface area contributed by atoms with E-state index in [9.17, 15) is 0 Å². The molecule has 168 valence electrons. The van der Waals surface area contributed by atoms with Gasteiger partial charge in [0, 0.05) is 6.54 Å². The van der Waals surface area contributed by atoms with E-state index in [0.717, 1.165) is 47.3 Å². The second-order valence-corrected chi connectivity index (χ2v) is 8.87. The Balaban J connectivity index is 1.27.